The van der Waals surface area contributed by atoms with Gasteiger partial charge in [0.05, 0.1) is 5.69 Å². The molecule has 6 heteroatoms. The number of nitrogens with zero attached hydrogens (tertiary/aromatic N) is 2. The SMILES string of the molecule is Brc1ccc(I)c(Nc2cc(Br)nc(C3CC3)n2)c1. The lowest BCUT2D eigenvalue weighted by molar-refractivity contribution is 0.919. The van der Waals surface area contributed by atoms with Crippen molar-refractivity contribution in [2.24, 2.45) is 0 Å². The highest BCUT2D eigenvalue weighted by Crippen LogP contribution is 2.39. The van der Waals surface area contributed by atoms with E-state index in [1.807, 2.05) is 12.1 Å². The van der Waals surface area contributed by atoms with Crippen molar-refractivity contribution < 1.29 is 0 Å². The summed E-state index contributed by atoms with van der Waals surface area (Å²) in [5.41, 5.74) is 1.04. The highest BCUT2D eigenvalue weighted by molar-refractivity contribution is 14.1. The molecule has 1 heterocycles. The van der Waals surface area contributed by atoms with Crippen molar-refractivity contribution >= 4 is 66.0 Å². The first kappa shape index (κ1) is 13.8. The third-order valence-electron chi connectivity index (χ3n) is 2.85. The van der Waals surface area contributed by atoms with Crippen LogP contribution in [0.2, 0.25) is 0 Å². The minimum atomic E-state index is 0.541. The second-order valence-electron chi connectivity index (χ2n) is 4.46. The average molecular weight is 495 g/mol. The smallest absolute Gasteiger partial charge is 0.135 e. The van der Waals surface area contributed by atoms with Crippen molar-refractivity contribution in [3.63, 3.8) is 0 Å². The second-order valence-corrected chi connectivity index (χ2v) is 7.35. The number of nitrogens with one attached hydrogen (secondary N) is 1. The molecule has 1 aromatic heterocycles. The Kier molecular flexibility index (Phi) is 4.09. The van der Waals surface area contributed by atoms with Crippen LogP contribution in [0.1, 0.15) is 24.6 Å². The van der Waals surface area contributed by atoms with E-state index in [0.717, 1.165) is 30.0 Å². The van der Waals surface area contributed by atoms with Crippen LogP contribution in [0, 0.1) is 3.57 Å². The molecule has 0 aliphatic heterocycles. The Balaban J connectivity index is 1.92. The third-order valence-corrected chi connectivity index (χ3v) is 4.69. The summed E-state index contributed by atoms with van der Waals surface area (Å²) in [7, 11) is 0. The number of hydrogen-bond acceptors (Lipinski definition) is 3. The minimum Gasteiger partial charge on any atom is -0.339 e. The third kappa shape index (κ3) is 3.46. The molecule has 0 saturated heterocycles. The second kappa shape index (κ2) is 5.65. The molecule has 1 fully saturated rings. The molecule has 0 amide bonds. The maximum Gasteiger partial charge on any atom is 0.135 e. The Labute approximate surface area is 142 Å². The Hall–Kier alpha value is -0.210. The largest absolute Gasteiger partial charge is 0.339 e. The summed E-state index contributed by atoms with van der Waals surface area (Å²) in [4.78, 5) is 9.02. The number of anilines is 2. The summed E-state index contributed by atoms with van der Waals surface area (Å²) in [6.45, 7) is 0. The Morgan fingerprint density at radius 2 is 1.95 bits per heavy atom. The van der Waals surface area contributed by atoms with Gasteiger partial charge in [-0.05, 0) is 69.6 Å². The zero-order valence-corrected chi connectivity index (χ0v) is 15.2. The molecule has 0 atom stereocenters. The molecule has 0 radical (unpaired) electrons. The van der Waals surface area contributed by atoms with Crippen LogP contribution in [0.3, 0.4) is 0 Å². The molecule has 1 N–H and O–H groups in total. The summed E-state index contributed by atoms with van der Waals surface area (Å²) >= 11 is 9.25. The number of rotatable bonds is 3. The van der Waals surface area contributed by atoms with Crippen molar-refractivity contribution in [3.8, 4) is 0 Å². The van der Waals surface area contributed by atoms with E-state index in [-0.39, 0.29) is 0 Å². The van der Waals surface area contributed by atoms with Gasteiger partial charge in [0.15, 0.2) is 0 Å². The van der Waals surface area contributed by atoms with Gasteiger partial charge in [0.25, 0.3) is 0 Å². The van der Waals surface area contributed by atoms with Gasteiger partial charge in [0, 0.05) is 20.0 Å². The Morgan fingerprint density at radius 3 is 2.68 bits per heavy atom. The van der Waals surface area contributed by atoms with Gasteiger partial charge in [-0.1, -0.05) is 15.9 Å². The molecule has 0 bridgehead atoms. The van der Waals surface area contributed by atoms with Crippen molar-refractivity contribution in [2.75, 3.05) is 5.32 Å². The van der Waals surface area contributed by atoms with E-state index in [0.29, 0.717) is 5.92 Å². The first-order chi connectivity index (χ1) is 9.11. The Bertz CT molecular complexity index is 629. The number of hydrogen-bond donors (Lipinski definition) is 1. The fraction of sp³-hybridized carbons (Fsp3) is 0.231. The van der Waals surface area contributed by atoms with Gasteiger partial charge in [-0.25, -0.2) is 9.97 Å². The first-order valence-corrected chi connectivity index (χ1v) is 8.55. The molecular weight excluding hydrogens is 485 g/mol. The lowest BCUT2D eigenvalue weighted by Gasteiger charge is -2.10. The molecule has 0 spiro atoms. The fourth-order valence-corrected chi connectivity index (χ4v) is 2.98. The highest BCUT2D eigenvalue weighted by Gasteiger charge is 2.27. The van der Waals surface area contributed by atoms with Crippen molar-refractivity contribution in [1.29, 1.82) is 0 Å². The zero-order valence-electron chi connectivity index (χ0n) is 9.83. The quantitative estimate of drug-likeness (QED) is 0.469. The molecular formula is C13H10Br2IN3. The summed E-state index contributed by atoms with van der Waals surface area (Å²) in [6, 6.07) is 8.04. The molecule has 3 rings (SSSR count). The molecule has 1 aliphatic rings. The van der Waals surface area contributed by atoms with Crippen LogP contribution in [-0.2, 0) is 0 Å². The molecule has 3 nitrogen and oxygen atoms in total. The molecule has 2 aromatic rings. The molecule has 1 aliphatic carbocycles. The monoisotopic (exact) mass is 493 g/mol. The number of halogens is 3. The van der Waals surface area contributed by atoms with Gasteiger partial charge in [-0.15, -0.1) is 0 Å². The maximum absolute atomic E-state index is 4.59. The van der Waals surface area contributed by atoms with Crippen LogP contribution < -0.4 is 5.32 Å². The van der Waals surface area contributed by atoms with E-state index in [2.05, 4.69) is 81.9 Å². The van der Waals surface area contributed by atoms with Gasteiger partial charge in [0.2, 0.25) is 0 Å². The predicted octanol–water partition coefficient (Wildman–Crippen LogP) is 5.23. The maximum atomic E-state index is 4.59. The van der Waals surface area contributed by atoms with Gasteiger partial charge in [-0.3, -0.25) is 0 Å². The summed E-state index contributed by atoms with van der Waals surface area (Å²) in [5, 5.41) is 3.36. The van der Waals surface area contributed by atoms with E-state index in [9.17, 15) is 0 Å². The minimum absolute atomic E-state index is 0.541. The van der Waals surface area contributed by atoms with Crippen LogP contribution in [0.4, 0.5) is 11.5 Å². The predicted molar refractivity (Wildman–Crippen MR) is 91.8 cm³/mol. The van der Waals surface area contributed by atoms with Crippen molar-refractivity contribution in [2.45, 2.75) is 18.8 Å². The highest BCUT2D eigenvalue weighted by atomic mass is 127. The standard InChI is InChI=1S/C13H10Br2IN3/c14-8-3-4-9(16)10(5-8)17-12-6-11(15)18-13(19-12)7-1-2-7/h3-7H,1-2H2,(H,17,18,19). The summed E-state index contributed by atoms with van der Waals surface area (Å²) in [6.07, 6.45) is 2.40. The topological polar surface area (TPSA) is 37.8 Å². The van der Waals surface area contributed by atoms with Crippen LogP contribution in [0.25, 0.3) is 0 Å². The van der Waals surface area contributed by atoms with E-state index in [1.165, 1.54) is 12.8 Å². The molecule has 1 aromatic carbocycles. The van der Waals surface area contributed by atoms with E-state index in [1.54, 1.807) is 0 Å². The van der Waals surface area contributed by atoms with Gasteiger partial charge >= 0.3 is 0 Å². The fourth-order valence-electron chi connectivity index (χ4n) is 1.75. The molecule has 1 saturated carbocycles. The molecule has 0 unspecified atom stereocenters. The molecule has 19 heavy (non-hydrogen) atoms. The van der Waals surface area contributed by atoms with Gasteiger partial charge < -0.3 is 5.32 Å². The lowest BCUT2D eigenvalue weighted by atomic mass is 10.3. The van der Waals surface area contributed by atoms with Crippen LogP contribution in [0.5, 0.6) is 0 Å². The normalized spacial score (nSPS) is 14.5. The van der Waals surface area contributed by atoms with Crippen molar-refractivity contribution in [1.82, 2.24) is 9.97 Å². The summed E-state index contributed by atoms with van der Waals surface area (Å²) in [5.74, 6) is 2.31. The van der Waals surface area contributed by atoms with E-state index < -0.39 is 0 Å². The van der Waals surface area contributed by atoms with Gasteiger partial charge in [-0.2, -0.15) is 0 Å². The summed E-state index contributed by atoms with van der Waals surface area (Å²) < 4.78 is 3.03. The van der Waals surface area contributed by atoms with E-state index >= 15 is 0 Å². The number of benzene rings is 1. The van der Waals surface area contributed by atoms with Crippen LogP contribution >= 0.6 is 54.5 Å². The average Bonchev–Trinajstić information content (AvgIpc) is 3.17. The van der Waals surface area contributed by atoms with Crippen molar-refractivity contribution in [3.05, 3.63) is 42.7 Å². The van der Waals surface area contributed by atoms with Crippen LogP contribution in [0.15, 0.2) is 33.3 Å². The molecule has 98 valence electrons. The van der Waals surface area contributed by atoms with Gasteiger partial charge in [0.1, 0.15) is 16.2 Å². The van der Waals surface area contributed by atoms with E-state index in [4.69, 9.17) is 0 Å². The zero-order chi connectivity index (χ0) is 13.4. The Morgan fingerprint density at radius 1 is 1.16 bits per heavy atom. The number of aromatic nitrogens is 2. The van der Waals surface area contributed by atoms with Crippen LogP contribution in [-0.4, -0.2) is 9.97 Å². The first-order valence-electron chi connectivity index (χ1n) is 5.88. The lowest BCUT2D eigenvalue weighted by Crippen LogP contribution is -2.00.